The van der Waals surface area contributed by atoms with E-state index in [-0.39, 0.29) is 11.8 Å². The molecule has 1 saturated heterocycles. The van der Waals surface area contributed by atoms with E-state index in [1.165, 1.54) is 12.2 Å². The molecule has 0 aromatic carbocycles. The first-order valence-corrected chi connectivity index (χ1v) is 9.76. The molecule has 23 heavy (non-hydrogen) atoms. The van der Waals surface area contributed by atoms with E-state index in [1.54, 1.807) is 6.20 Å². The van der Waals surface area contributed by atoms with Crippen LogP contribution in [0.5, 0.6) is 0 Å². The third kappa shape index (κ3) is 6.01. The molecule has 1 aromatic rings. The van der Waals surface area contributed by atoms with Gasteiger partial charge >= 0.3 is 0 Å². The van der Waals surface area contributed by atoms with E-state index >= 15 is 0 Å². The van der Waals surface area contributed by atoms with Crippen molar-refractivity contribution in [2.45, 2.75) is 39.5 Å². The molecule has 128 valence electrons. The van der Waals surface area contributed by atoms with Gasteiger partial charge in [0.25, 0.3) is 0 Å². The molecule has 2 heterocycles. The average molecular weight is 337 g/mol. The number of piperidine rings is 1. The van der Waals surface area contributed by atoms with Crippen LogP contribution in [0.25, 0.3) is 0 Å². The van der Waals surface area contributed by atoms with Gasteiger partial charge in [0, 0.05) is 31.5 Å². The van der Waals surface area contributed by atoms with Crippen LogP contribution >= 0.6 is 11.8 Å². The summed E-state index contributed by atoms with van der Waals surface area (Å²) in [7, 11) is 0. The van der Waals surface area contributed by atoms with Crippen LogP contribution in [0.3, 0.4) is 0 Å². The Morgan fingerprint density at radius 1 is 1.48 bits per heavy atom. The van der Waals surface area contributed by atoms with Gasteiger partial charge in [-0.3, -0.25) is 4.79 Å². The summed E-state index contributed by atoms with van der Waals surface area (Å²) >= 11 is 1.96. The molecule has 1 amide bonds. The van der Waals surface area contributed by atoms with Gasteiger partial charge in [0.05, 0.1) is 5.92 Å². The second-order valence-corrected chi connectivity index (χ2v) is 7.26. The fraction of sp³-hybridized carbons (Fsp3) is 0.706. The summed E-state index contributed by atoms with van der Waals surface area (Å²) in [5.41, 5.74) is 0.964. The molecule has 0 bridgehead atoms. The molecule has 0 spiro atoms. The number of anilines is 1. The molecule has 0 aliphatic carbocycles. The predicted octanol–water partition coefficient (Wildman–Crippen LogP) is 2.65. The number of nitrogens with one attached hydrogen (secondary N) is 1. The number of amides is 1. The maximum atomic E-state index is 12.3. The Morgan fingerprint density at radius 2 is 2.35 bits per heavy atom. The van der Waals surface area contributed by atoms with E-state index in [0.717, 1.165) is 56.3 Å². The van der Waals surface area contributed by atoms with Gasteiger partial charge in [0.2, 0.25) is 11.9 Å². The Morgan fingerprint density at radius 3 is 3.13 bits per heavy atom. The quantitative estimate of drug-likeness (QED) is 0.740. The standard InChI is InChI=1S/C17H28N4OS/c1-3-11-23-12-5-8-18-16(22)15-6-4-10-21(13-15)17-19-9-7-14(2)20-17/h7,9,15H,3-6,8,10-13H2,1-2H3,(H,18,22)/t15-/m0/s1. The fourth-order valence-electron chi connectivity index (χ4n) is 2.74. The topological polar surface area (TPSA) is 58.1 Å². The van der Waals surface area contributed by atoms with Crippen molar-refractivity contribution in [2.75, 3.05) is 36.0 Å². The highest BCUT2D eigenvalue weighted by Crippen LogP contribution is 2.20. The van der Waals surface area contributed by atoms with E-state index < -0.39 is 0 Å². The normalized spacial score (nSPS) is 18.0. The number of nitrogens with zero attached hydrogens (tertiary/aromatic N) is 3. The van der Waals surface area contributed by atoms with Crippen molar-refractivity contribution in [3.05, 3.63) is 18.0 Å². The van der Waals surface area contributed by atoms with Crippen LogP contribution in [-0.2, 0) is 4.79 Å². The van der Waals surface area contributed by atoms with Crippen LogP contribution in [0.2, 0.25) is 0 Å². The Hall–Kier alpha value is -1.30. The lowest BCUT2D eigenvalue weighted by Gasteiger charge is -2.32. The third-order valence-electron chi connectivity index (χ3n) is 3.97. The van der Waals surface area contributed by atoms with E-state index in [9.17, 15) is 4.79 Å². The van der Waals surface area contributed by atoms with Crippen molar-refractivity contribution in [1.29, 1.82) is 0 Å². The number of carbonyl (C=O) groups is 1. The largest absolute Gasteiger partial charge is 0.356 e. The zero-order chi connectivity index (χ0) is 16.5. The number of aryl methyl sites for hydroxylation is 1. The van der Waals surface area contributed by atoms with Crippen molar-refractivity contribution in [1.82, 2.24) is 15.3 Å². The summed E-state index contributed by atoms with van der Waals surface area (Å²) in [6.45, 7) is 6.60. The number of carbonyl (C=O) groups excluding carboxylic acids is 1. The lowest BCUT2D eigenvalue weighted by molar-refractivity contribution is -0.125. The molecule has 5 nitrogen and oxygen atoms in total. The maximum Gasteiger partial charge on any atom is 0.225 e. The van der Waals surface area contributed by atoms with Crippen molar-refractivity contribution < 1.29 is 4.79 Å². The third-order valence-corrected chi connectivity index (χ3v) is 5.24. The molecule has 6 heteroatoms. The lowest BCUT2D eigenvalue weighted by atomic mass is 9.97. The highest BCUT2D eigenvalue weighted by Gasteiger charge is 2.26. The monoisotopic (exact) mass is 336 g/mol. The minimum atomic E-state index is 0.0520. The second-order valence-electron chi connectivity index (χ2n) is 6.04. The zero-order valence-corrected chi connectivity index (χ0v) is 15.1. The summed E-state index contributed by atoms with van der Waals surface area (Å²) < 4.78 is 0. The van der Waals surface area contributed by atoms with Crippen LogP contribution in [-0.4, -0.2) is 47.0 Å². The minimum absolute atomic E-state index is 0.0520. The van der Waals surface area contributed by atoms with Crippen LogP contribution in [0.15, 0.2) is 12.3 Å². The van der Waals surface area contributed by atoms with Gasteiger partial charge < -0.3 is 10.2 Å². The van der Waals surface area contributed by atoms with E-state index in [4.69, 9.17) is 0 Å². The summed E-state index contributed by atoms with van der Waals surface area (Å²) in [5, 5.41) is 3.09. The number of thioether (sulfide) groups is 1. The van der Waals surface area contributed by atoms with Crippen LogP contribution in [0.4, 0.5) is 5.95 Å². The maximum absolute atomic E-state index is 12.3. The van der Waals surface area contributed by atoms with Gasteiger partial charge in [-0.15, -0.1) is 0 Å². The molecule has 1 atom stereocenters. The molecule has 1 N–H and O–H groups in total. The van der Waals surface area contributed by atoms with Gasteiger partial charge in [0.15, 0.2) is 0 Å². The molecule has 0 unspecified atom stereocenters. The molecule has 1 aliphatic rings. The van der Waals surface area contributed by atoms with Gasteiger partial charge in [0.1, 0.15) is 0 Å². The average Bonchev–Trinajstić information content (AvgIpc) is 2.58. The first kappa shape index (κ1) is 18.0. The van der Waals surface area contributed by atoms with Gasteiger partial charge in [-0.05, 0) is 50.2 Å². The first-order valence-electron chi connectivity index (χ1n) is 8.60. The van der Waals surface area contributed by atoms with Crippen LogP contribution in [0, 0.1) is 12.8 Å². The SMILES string of the molecule is CCCSCCCNC(=O)[C@H]1CCCN(c2nccc(C)n2)C1. The molecule has 0 saturated carbocycles. The van der Waals surface area contributed by atoms with Crippen molar-refractivity contribution in [3.8, 4) is 0 Å². The number of hydrogen-bond donors (Lipinski definition) is 1. The molecular weight excluding hydrogens is 308 g/mol. The Balaban J connectivity index is 1.75. The van der Waals surface area contributed by atoms with Crippen LogP contribution in [0.1, 0.15) is 38.3 Å². The van der Waals surface area contributed by atoms with Crippen molar-refractivity contribution >= 4 is 23.6 Å². The molecule has 2 rings (SSSR count). The summed E-state index contributed by atoms with van der Waals surface area (Å²) in [4.78, 5) is 23.3. The van der Waals surface area contributed by atoms with Crippen LogP contribution < -0.4 is 10.2 Å². The number of rotatable bonds is 8. The Labute approximate surface area is 143 Å². The van der Waals surface area contributed by atoms with E-state index in [1.807, 2.05) is 24.8 Å². The molecule has 1 aromatic heterocycles. The minimum Gasteiger partial charge on any atom is -0.356 e. The molecular formula is C17H28N4OS. The smallest absolute Gasteiger partial charge is 0.225 e. The van der Waals surface area contributed by atoms with E-state index in [0.29, 0.717) is 0 Å². The summed E-state index contributed by atoms with van der Waals surface area (Å²) in [5.74, 6) is 3.32. The van der Waals surface area contributed by atoms with Crippen molar-refractivity contribution in [2.24, 2.45) is 5.92 Å². The second kappa shape index (κ2) is 9.75. The molecule has 0 radical (unpaired) electrons. The molecule has 1 fully saturated rings. The van der Waals surface area contributed by atoms with Gasteiger partial charge in [-0.25, -0.2) is 9.97 Å². The number of hydrogen-bond acceptors (Lipinski definition) is 5. The Bertz CT molecular complexity index is 497. The fourth-order valence-corrected chi connectivity index (χ4v) is 3.58. The first-order chi connectivity index (χ1) is 11.2. The predicted molar refractivity (Wildman–Crippen MR) is 96.9 cm³/mol. The van der Waals surface area contributed by atoms with Crippen molar-refractivity contribution in [3.63, 3.8) is 0 Å². The lowest BCUT2D eigenvalue weighted by Crippen LogP contribution is -2.44. The highest BCUT2D eigenvalue weighted by molar-refractivity contribution is 7.99. The van der Waals surface area contributed by atoms with Gasteiger partial charge in [-0.1, -0.05) is 6.92 Å². The Kier molecular flexibility index (Phi) is 7.65. The van der Waals surface area contributed by atoms with Gasteiger partial charge in [-0.2, -0.15) is 11.8 Å². The summed E-state index contributed by atoms with van der Waals surface area (Å²) in [6, 6.07) is 1.90. The highest BCUT2D eigenvalue weighted by atomic mass is 32.2. The molecule has 1 aliphatic heterocycles. The summed E-state index contributed by atoms with van der Waals surface area (Å²) in [6.07, 6.45) is 6.03. The number of aromatic nitrogens is 2. The zero-order valence-electron chi connectivity index (χ0n) is 14.3. The van der Waals surface area contributed by atoms with E-state index in [2.05, 4.69) is 27.1 Å².